The van der Waals surface area contributed by atoms with Crippen LogP contribution < -0.4 is 5.32 Å². The second kappa shape index (κ2) is 7.79. The monoisotopic (exact) mass is 278 g/mol. The van der Waals surface area contributed by atoms with E-state index in [0.29, 0.717) is 12.1 Å². The standard InChI is InChI=1S/C16H30N4/c1-4-16-11-18-15(10-14(2)3)12-20(16)8-5-7-19-9-6-17-13-19/h6,9,13-16,18H,4-5,7-8,10-12H2,1-3H3. The molecule has 1 N–H and O–H groups in total. The van der Waals surface area contributed by atoms with E-state index >= 15 is 0 Å². The largest absolute Gasteiger partial charge is 0.337 e. The van der Waals surface area contributed by atoms with Crippen molar-refractivity contribution in [1.29, 1.82) is 0 Å². The van der Waals surface area contributed by atoms with Crippen molar-refractivity contribution in [2.45, 2.75) is 58.7 Å². The lowest BCUT2D eigenvalue weighted by Gasteiger charge is -2.40. The van der Waals surface area contributed by atoms with Crippen LogP contribution in [0.4, 0.5) is 0 Å². The molecule has 2 rings (SSSR count). The predicted molar refractivity (Wildman–Crippen MR) is 83.7 cm³/mol. The van der Waals surface area contributed by atoms with Gasteiger partial charge in [-0.15, -0.1) is 0 Å². The predicted octanol–water partition coefficient (Wildman–Crippen LogP) is 2.37. The fourth-order valence-electron chi connectivity index (χ4n) is 3.21. The molecular formula is C16H30N4. The van der Waals surface area contributed by atoms with Crippen LogP contribution in [0, 0.1) is 5.92 Å². The van der Waals surface area contributed by atoms with Gasteiger partial charge in [-0.25, -0.2) is 4.98 Å². The number of aryl methyl sites for hydroxylation is 1. The number of aromatic nitrogens is 2. The lowest BCUT2D eigenvalue weighted by atomic mass is 9.99. The second-order valence-electron chi connectivity index (χ2n) is 6.45. The molecule has 1 aromatic heterocycles. The molecule has 0 aromatic carbocycles. The van der Waals surface area contributed by atoms with Crippen LogP contribution in [0.5, 0.6) is 0 Å². The van der Waals surface area contributed by atoms with Crippen molar-refractivity contribution in [2.75, 3.05) is 19.6 Å². The van der Waals surface area contributed by atoms with Crippen molar-refractivity contribution >= 4 is 0 Å². The van der Waals surface area contributed by atoms with E-state index in [1.54, 1.807) is 0 Å². The lowest BCUT2D eigenvalue weighted by molar-refractivity contribution is 0.116. The maximum atomic E-state index is 4.10. The van der Waals surface area contributed by atoms with E-state index in [4.69, 9.17) is 0 Å². The van der Waals surface area contributed by atoms with E-state index in [2.05, 4.69) is 46.7 Å². The fraction of sp³-hybridized carbons (Fsp3) is 0.812. The van der Waals surface area contributed by atoms with Gasteiger partial charge in [0.1, 0.15) is 0 Å². The number of piperazine rings is 1. The molecule has 1 aliphatic heterocycles. The Morgan fingerprint density at radius 2 is 2.20 bits per heavy atom. The third-order valence-electron chi connectivity index (χ3n) is 4.26. The molecule has 1 aliphatic rings. The number of nitrogens with zero attached hydrogens (tertiary/aromatic N) is 3. The highest BCUT2D eigenvalue weighted by molar-refractivity contribution is 4.86. The summed E-state index contributed by atoms with van der Waals surface area (Å²) < 4.78 is 2.18. The first-order valence-corrected chi connectivity index (χ1v) is 8.12. The minimum Gasteiger partial charge on any atom is -0.337 e. The summed E-state index contributed by atoms with van der Waals surface area (Å²) in [5.74, 6) is 0.776. The number of hydrogen-bond donors (Lipinski definition) is 1. The van der Waals surface area contributed by atoms with Crippen LogP contribution in [-0.2, 0) is 6.54 Å². The van der Waals surface area contributed by atoms with E-state index < -0.39 is 0 Å². The van der Waals surface area contributed by atoms with Crippen molar-refractivity contribution in [3.8, 4) is 0 Å². The molecule has 0 saturated carbocycles. The Bertz CT molecular complexity index is 361. The summed E-state index contributed by atoms with van der Waals surface area (Å²) >= 11 is 0. The van der Waals surface area contributed by atoms with Crippen molar-refractivity contribution in [2.24, 2.45) is 5.92 Å². The minimum absolute atomic E-state index is 0.672. The van der Waals surface area contributed by atoms with E-state index in [1.807, 2.05) is 12.5 Å². The average molecular weight is 278 g/mol. The van der Waals surface area contributed by atoms with Gasteiger partial charge in [-0.2, -0.15) is 0 Å². The van der Waals surface area contributed by atoms with Gasteiger partial charge in [0.25, 0.3) is 0 Å². The average Bonchev–Trinajstić information content (AvgIpc) is 2.91. The van der Waals surface area contributed by atoms with Crippen LogP contribution in [0.1, 0.15) is 40.0 Å². The lowest BCUT2D eigenvalue weighted by Crippen LogP contribution is -2.56. The molecular weight excluding hydrogens is 248 g/mol. The Hall–Kier alpha value is -0.870. The van der Waals surface area contributed by atoms with Gasteiger partial charge in [0.15, 0.2) is 0 Å². The van der Waals surface area contributed by atoms with Gasteiger partial charge in [-0.05, 0) is 25.2 Å². The summed E-state index contributed by atoms with van der Waals surface area (Å²) in [6.07, 6.45) is 9.56. The Labute approximate surface area is 123 Å². The highest BCUT2D eigenvalue weighted by atomic mass is 15.2. The Balaban J connectivity index is 1.78. The maximum Gasteiger partial charge on any atom is 0.0945 e. The molecule has 114 valence electrons. The zero-order valence-corrected chi connectivity index (χ0v) is 13.3. The molecule has 0 aliphatic carbocycles. The number of rotatable bonds is 7. The molecule has 4 heteroatoms. The summed E-state index contributed by atoms with van der Waals surface area (Å²) in [5, 5.41) is 3.73. The molecule has 0 radical (unpaired) electrons. The molecule has 0 spiro atoms. The number of nitrogens with one attached hydrogen (secondary N) is 1. The van der Waals surface area contributed by atoms with E-state index in [9.17, 15) is 0 Å². The third-order valence-corrected chi connectivity index (χ3v) is 4.26. The van der Waals surface area contributed by atoms with Gasteiger partial charge in [0.05, 0.1) is 6.33 Å². The topological polar surface area (TPSA) is 33.1 Å². The maximum absolute atomic E-state index is 4.10. The van der Waals surface area contributed by atoms with Gasteiger partial charge in [0, 0.05) is 50.7 Å². The van der Waals surface area contributed by atoms with Gasteiger partial charge < -0.3 is 9.88 Å². The number of imidazole rings is 1. The molecule has 1 aromatic rings. The smallest absolute Gasteiger partial charge is 0.0945 e. The highest BCUT2D eigenvalue weighted by Gasteiger charge is 2.26. The normalized spacial score (nSPS) is 24.4. The fourth-order valence-corrected chi connectivity index (χ4v) is 3.21. The minimum atomic E-state index is 0.672. The van der Waals surface area contributed by atoms with Gasteiger partial charge >= 0.3 is 0 Å². The summed E-state index contributed by atoms with van der Waals surface area (Å²) in [6, 6.07) is 1.38. The van der Waals surface area contributed by atoms with Crippen molar-refractivity contribution in [1.82, 2.24) is 19.8 Å². The van der Waals surface area contributed by atoms with Crippen molar-refractivity contribution in [3.63, 3.8) is 0 Å². The van der Waals surface area contributed by atoms with E-state index in [-0.39, 0.29) is 0 Å². The summed E-state index contributed by atoms with van der Waals surface area (Å²) in [6.45, 7) is 11.6. The van der Waals surface area contributed by atoms with Gasteiger partial charge in [0.2, 0.25) is 0 Å². The first-order chi connectivity index (χ1) is 9.69. The van der Waals surface area contributed by atoms with Crippen molar-refractivity contribution < 1.29 is 0 Å². The van der Waals surface area contributed by atoms with Crippen LogP contribution in [0.15, 0.2) is 18.7 Å². The van der Waals surface area contributed by atoms with Crippen LogP contribution in [0.25, 0.3) is 0 Å². The third kappa shape index (κ3) is 4.60. The molecule has 1 fully saturated rings. The molecule has 0 bridgehead atoms. The molecule has 20 heavy (non-hydrogen) atoms. The van der Waals surface area contributed by atoms with Crippen LogP contribution >= 0.6 is 0 Å². The van der Waals surface area contributed by atoms with Gasteiger partial charge in [-0.1, -0.05) is 20.8 Å². The van der Waals surface area contributed by atoms with Crippen LogP contribution in [0.3, 0.4) is 0 Å². The van der Waals surface area contributed by atoms with Crippen molar-refractivity contribution in [3.05, 3.63) is 18.7 Å². The molecule has 2 atom stereocenters. The zero-order valence-electron chi connectivity index (χ0n) is 13.3. The molecule has 4 nitrogen and oxygen atoms in total. The first-order valence-electron chi connectivity index (χ1n) is 8.12. The van der Waals surface area contributed by atoms with E-state index in [1.165, 1.54) is 32.4 Å². The summed E-state index contributed by atoms with van der Waals surface area (Å²) in [4.78, 5) is 6.80. The van der Waals surface area contributed by atoms with Crippen LogP contribution in [0.2, 0.25) is 0 Å². The van der Waals surface area contributed by atoms with E-state index in [0.717, 1.165) is 19.0 Å². The SMILES string of the molecule is CCC1CNC(CC(C)C)CN1CCCn1ccnc1. The Morgan fingerprint density at radius 3 is 2.85 bits per heavy atom. The molecule has 0 amide bonds. The molecule has 2 unspecified atom stereocenters. The second-order valence-corrected chi connectivity index (χ2v) is 6.45. The Morgan fingerprint density at radius 1 is 1.35 bits per heavy atom. The summed E-state index contributed by atoms with van der Waals surface area (Å²) in [7, 11) is 0. The molecule has 1 saturated heterocycles. The number of hydrogen-bond acceptors (Lipinski definition) is 3. The van der Waals surface area contributed by atoms with Gasteiger partial charge in [-0.3, -0.25) is 4.90 Å². The first kappa shape index (κ1) is 15.5. The quantitative estimate of drug-likeness (QED) is 0.831. The Kier molecular flexibility index (Phi) is 6.05. The molecule has 2 heterocycles. The van der Waals surface area contributed by atoms with Crippen LogP contribution in [-0.4, -0.2) is 46.2 Å². The summed E-state index contributed by atoms with van der Waals surface area (Å²) in [5.41, 5.74) is 0. The highest BCUT2D eigenvalue weighted by Crippen LogP contribution is 2.15. The zero-order chi connectivity index (χ0) is 14.4.